The molecule has 0 bridgehead atoms. The lowest BCUT2D eigenvalue weighted by Gasteiger charge is -2.19. The van der Waals surface area contributed by atoms with Crippen LogP contribution < -0.4 is 5.32 Å². The number of thiazole rings is 1. The second-order valence-electron chi connectivity index (χ2n) is 4.66. The minimum atomic E-state index is -0.940. The van der Waals surface area contributed by atoms with E-state index < -0.39 is 5.97 Å². The highest BCUT2D eigenvalue weighted by atomic mass is 32.1. The van der Waals surface area contributed by atoms with Crippen molar-refractivity contribution in [3.05, 3.63) is 16.1 Å². The molecule has 4 nitrogen and oxygen atoms in total. The highest BCUT2D eigenvalue weighted by Crippen LogP contribution is 2.27. The molecule has 1 saturated carbocycles. The summed E-state index contributed by atoms with van der Waals surface area (Å²) in [6.07, 6.45) is 5.31. The van der Waals surface area contributed by atoms with E-state index in [9.17, 15) is 4.79 Å². The van der Waals surface area contributed by atoms with Crippen molar-refractivity contribution in [2.75, 3.05) is 0 Å². The molecule has 2 N–H and O–H groups in total. The summed E-state index contributed by atoms with van der Waals surface area (Å²) in [5.74, 6) is -0.169. The number of nitrogens with one attached hydrogen (secondary N) is 1. The van der Waals surface area contributed by atoms with E-state index in [-0.39, 0.29) is 5.01 Å². The smallest absolute Gasteiger partial charge is 0.365 e. The zero-order valence-electron chi connectivity index (χ0n) is 9.98. The molecule has 1 aliphatic rings. The Labute approximate surface area is 105 Å². The molecule has 1 heterocycles. The van der Waals surface area contributed by atoms with Crippen LogP contribution in [0.1, 0.15) is 48.1 Å². The van der Waals surface area contributed by atoms with E-state index in [1.807, 2.05) is 5.38 Å². The van der Waals surface area contributed by atoms with Crippen molar-refractivity contribution < 1.29 is 9.90 Å². The van der Waals surface area contributed by atoms with Crippen LogP contribution >= 0.6 is 11.3 Å². The monoisotopic (exact) mass is 254 g/mol. The van der Waals surface area contributed by atoms with Crippen molar-refractivity contribution in [1.82, 2.24) is 10.3 Å². The molecule has 1 fully saturated rings. The Morgan fingerprint density at radius 2 is 2.35 bits per heavy atom. The molecule has 0 aliphatic heterocycles. The maximum Gasteiger partial charge on any atom is 0.365 e. The number of aromatic carboxylic acids is 1. The molecule has 0 saturated heterocycles. The molecule has 1 aliphatic carbocycles. The molecule has 0 unspecified atom stereocenters. The molecule has 0 spiro atoms. The summed E-state index contributed by atoms with van der Waals surface area (Å²) in [5.41, 5.74) is 0.831. The Hall–Kier alpha value is -0.940. The first-order valence-corrected chi connectivity index (χ1v) is 6.96. The van der Waals surface area contributed by atoms with Gasteiger partial charge in [0.25, 0.3) is 0 Å². The second-order valence-corrected chi connectivity index (χ2v) is 5.52. The molecular weight excluding hydrogens is 236 g/mol. The van der Waals surface area contributed by atoms with E-state index in [1.54, 1.807) is 0 Å². The lowest BCUT2D eigenvalue weighted by Crippen LogP contribution is -2.31. The third-order valence-corrected chi connectivity index (χ3v) is 4.33. The minimum Gasteiger partial charge on any atom is -0.476 e. The number of hydrogen-bond acceptors (Lipinski definition) is 4. The first-order valence-electron chi connectivity index (χ1n) is 6.08. The molecule has 0 amide bonds. The van der Waals surface area contributed by atoms with E-state index in [0.717, 1.165) is 11.6 Å². The Morgan fingerprint density at radius 3 is 2.94 bits per heavy atom. The van der Waals surface area contributed by atoms with Gasteiger partial charge in [0, 0.05) is 18.0 Å². The Bertz CT molecular complexity index is 386. The van der Waals surface area contributed by atoms with Crippen molar-refractivity contribution >= 4 is 17.3 Å². The van der Waals surface area contributed by atoms with Crippen LogP contribution in [0.3, 0.4) is 0 Å². The van der Waals surface area contributed by atoms with Crippen molar-refractivity contribution in [3.63, 3.8) is 0 Å². The summed E-state index contributed by atoms with van der Waals surface area (Å²) in [4.78, 5) is 14.8. The van der Waals surface area contributed by atoms with Gasteiger partial charge in [0.1, 0.15) is 0 Å². The largest absolute Gasteiger partial charge is 0.476 e. The van der Waals surface area contributed by atoms with Crippen LogP contribution in [0.4, 0.5) is 0 Å². The van der Waals surface area contributed by atoms with Gasteiger partial charge in [0.05, 0.1) is 5.69 Å². The normalized spacial score (nSPS) is 18.4. The van der Waals surface area contributed by atoms with Crippen LogP contribution in [0.2, 0.25) is 0 Å². The molecule has 2 rings (SSSR count). The number of rotatable bonds is 5. The topological polar surface area (TPSA) is 62.2 Å². The van der Waals surface area contributed by atoms with Crippen LogP contribution in [0.5, 0.6) is 0 Å². The highest BCUT2D eigenvalue weighted by molar-refractivity contribution is 7.11. The van der Waals surface area contributed by atoms with Gasteiger partial charge in [-0.15, -0.1) is 11.3 Å². The second kappa shape index (κ2) is 5.60. The van der Waals surface area contributed by atoms with Gasteiger partial charge in [-0.25, -0.2) is 9.78 Å². The number of carbonyl (C=O) groups is 1. The number of nitrogens with zero attached hydrogens (tertiary/aromatic N) is 1. The summed E-state index contributed by atoms with van der Waals surface area (Å²) in [7, 11) is 0. The average molecular weight is 254 g/mol. The Balaban J connectivity index is 1.82. The highest BCUT2D eigenvalue weighted by Gasteiger charge is 2.21. The van der Waals surface area contributed by atoms with Crippen LogP contribution in [0.25, 0.3) is 0 Å². The zero-order valence-corrected chi connectivity index (χ0v) is 10.8. The predicted octanol–water partition coefficient (Wildman–Crippen LogP) is 2.51. The number of hydrogen-bond donors (Lipinski definition) is 2. The van der Waals surface area contributed by atoms with E-state index >= 15 is 0 Å². The van der Waals surface area contributed by atoms with Crippen molar-refractivity contribution in [2.24, 2.45) is 5.92 Å². The molecule has 17 heavy (non-hydrogen) atoms. The summed E-state index contributed by atoms with van der Waals surface area (Å²) in [5, 5.41) is 14.2. The van der Waals surface area contributed by atoms with Gasteiger partial charge in [-0.3, -0.25) is 0 Å². The summed E-state index contributed by atoms with van der Waals surface area (Å²) < 4.78 is 0. The van der Waals surface area contributed by atoms with E-state index in [4.69, 9.17) is 5.11 Å². The van der Waals surface area contributed by atoms with Gasteiger partial charge in [-0.05, 0) is 25.7 Å². The van der Waals surface area contributed by atoms with Crippen LogP contribution in [-0.2, 0) is 6.54 Å². The number of carboxylic acids is 1. The first kappa shape index (κ1) is 12.5. The van der Waals surface area contributed by atoms with Gasteiger partial charge in [0.2, 0.25) is 5.01 Å². The SMILES string of the molecule is C[C@H](NCc1csc(C(=O)O)n1)C1CCCC1. The van der Waals surface area contributed by atoms with Crippen molar-refractivity contribution in [2.45, 2.75) is 45.2 Å². The number of aromatic nitrogens is 1. The van der Waals surface area contributed by atoms with E-state index in [0.29, 0.717) is 12.6 Å². The third kappa shape index (κ3) is 3.26. The molecule has 5 heteroatoms. The lowest BCUT2D eigenvalue weighted by molar-refractivity contribution is 0.0696. The van der Waals surface area contributed by atoms with Crippen LogP contribution in [0, 0.1) is 5.92 Å². The molecular formula is C12H18N2O2S. The lowest BCUT2D eigenvalue weighted by atomic mass is 10.00. The van der Waals surface area contributed by atoms with E-state index in [2.05, 4.69) is 17.2 Å². The van der Waals surface area contributed by atoms with Gasteiger partial charge in [-0.2, -0.15) is 0 Å². The third-order valence-electron chi connectivity index (χ3n) is 3.45. The zero-order chi connectivity index (χ0) is 12.3. The van der Waals surface area contributed by atoms with Crippen LogP contribution in [0.15, 0.2) is 5.38 Å². The summed E-state index contributed by atoms with van der Waals surface area (Å²) >= 11 is 1.19. The Morgan fingerprint density at radius 1 is 1.65 bits per heavy atom. The molecule has 0 aromatic carbocycles. The van der Waals surface area contributed by atoms with E-state index in [1.165, 1.54) is 37.0 Å². The van der Waals surface area contributed by atoms with Crippen molar-refractivity contribution in [3.8, 4) is 0 Å². The quantitative estimate of drug-likeness (QED) is 0.847. The molecule has 0 radical (unpaired) electrons. The summed E-state index contributed by atoms with van der Waals surface area (Å²) in [6, 6.07) is 0.493. The summed E-state index contributed by atoms with van der Waals surface area (Å²) in [6.45, 7) is 2.88. The number of carboxylic acid groups (broad SMARTS) is 1. The molecule has 1 atom stereocenters. The molecule has 1 aromatic rings. The van der Waals surface area contributed by atoms with Gasteiger partial charge in [0.15, 0.2) is 0 Å². The fourth-order valence-electron chi connectivity index (χ4n) is 2.38. The van der Waals surface area contributed by atoms with Gasteiger partial charge >= 0.3 is 5.97 Å². The molecule has 94 valence electrons. The average Bonchev–Trinajstić information content (AvgIpc) is 2.97. The maximum absolute atomic E-state index is 10.7. The van der Waals surface area contributed by atoms with Gasteiger partial charge in [-0.1, -0.05) is 12.8 Å². The van der Waals surface area contributed by atoms with Crippen molar-refractivity contribution in [1.29, 1.82) is 0 Å². The predicted molar refractivity (Wildman–Crippen MR) is 67.3 cm³/mol. The molecule has 1 aromatic heterocycles. The fourth-order valence-corrected chi connectivity index (χ4v) is 3.03. The maximum atomic E-state index is 10.7. The Kier molecular flexibility index (Phi) is 4.12. The van der Waals surface area contributed by atoms with Crippen LogP contribution in [-0.4, -0.2) is 22.1 Å². The standard InChI is InChI=1S/C12H18N2O2S/c1-8(9-4-2-3-5-9)13-6-10-7-17-11(14-10)12(15)16/h7-9,13H,2-6H2,1H3,(H,15,16)/t8-/m0/s1. The fraction of sp³-hybridized carbons (Fsp3) is 0.667. The minimum absolute atomic E-state index is 0.176. The van der Waals surface area contributed by atoms with Gasteiger partial charge < -0.3 is 10.4 Å². The first-order chi connectivity index (χ1) is 8.16.